The maximum atomic E-state index is 11.9. The van der Waals surface area contributed by atoms with Crippen molar-refractivity contribution in [3.8, 4) is 11.5 Å². The number of rotatable bonds is 7. The molecular formula is C17H19NO4. The molecule has 0 unspecified atom stereocenters. The Morgan fingerprint density at radius 1 is 1.09 bits per heavy atom. The quantitative estimate of drug-likeness (QED) is 0.825. The van der Waals surface area contributed by atoms with Gasteiger partial charge in [-0.1, -0.05) is 18.2 Å². The van der Waals surface area contributed by atoms with Crippen molar-refractivity contribution in [1.82, 2.24) is 0 Å². The first-order chi connectivity index (χ1) is 10.7. The third-order valence-corrected chi connectivity index (χ3v) is 2.95. The molecule has 2 aromatic carbocycles. The highest BCUT2D eigenvalue weighted by atomic mass is 16.5. The number of amides is 1. The van der Waals surface area contributed by atoms with Crippen LogP contribution in [0, 0.1) is 0 Å². The van der Waals surface area contributed by atoms with E-state index in [1.807, 2.05) is 6.92 Å². The zero-order valence-electron chi connectivity index (χ0n) is 12.4. The molecule has 0 heterocycles. The van der Waals surface area contributed by atoms with Gasteiger partial charge in [0.05, 0.1) is 13.2 Å². The fraction of sp³-hybridized carbons (Fsp3) is 0.235. The van der Waals surface area contributed by atoms with Gasteiger partial charge in [-0.15, -0.1) is 0 Å². The molecule has 0 atom stereocenters. The lowest BCUT2D eigenvalue weighted by Crippen LogP contribution is -2.20. The van der Waals surface area contributed by atoms with Crippen LogP contribution < -0.4 is 14.8 Å². The Balaban J connectivity index is 1.87. The molecule has 2 rings (SSSR count). The van der Waals surface area contributed by atoms with Crippen LogP contribution in [-0.4, -0.2) is 24.2 Å². The van der Waals surface area contributed by atoms with Crippen molar-refractivity contribution < 1.29 is 19.4 Å². The third kappa shape index (κ3) is 4.49. The molecule has 0 aromatic heterocycles. The number of carbonyl (C=O) groups excluding carboxylic acids is 1. The first-order valence-electron chi connectivity index (χ1n) is 7.07. The molecule has 2 N–H and O–H groups in total. The van der Waals surface area contributed by atoms with Gasteiger partial charge in [-0.3, -0.25) is 4.79 Å². The van der Waals surface area contributed by atoms with Crippen molar-refractivity contribution in [3.63, 3.8) is 0 Å². The van der Waals surface area contributed by atoms with Crippen molar-refractivity contribution >= 4 is 11.6 Å². The Bertz CT molecular complexity index is 610. The molecule has 0 aliphatic rings. The summed E-state index contributed by atoms with van der Waals surface area (Å²) in [6.45, 7) is 2.27. The predicted molar refractivity (Wildman–Crippen MR) is 84.1 cm³/mol. The predicted octanol–water partition coefficient (Wildman–Crippen LogP) is 2.60. The smallest absolute Gasteiger partial charge is 0.262 e. The number of ether oxygens (including phenoxy) is 2. The second-order valence-corrected chi connectivity index (χ2v) is 4.56. The average Bonchev–Trinajstić information content (AvgIpc) is 2.55. The number of aliphatic hydroxyl groups excluding tert-OH is 1. The monoisotopic (exact) mass is 301 g/mol. The van der Waals surface area contributed by atoms with Crippen LogP contribution in [0.4, 0.5) is 5.69 Å². The first-order valence-corrected chi connectivity index (χ1v) is 7.07. The highest BCUT2D eigenvalue weighted by molar-refractivity contribution is 5.91. The fourth-order valence-electron chi connectivity index (χ4n) is 1.92. The van der Waals surface area contributed by atoms with E-state index in [1.54, 1.807) is 48.5 Å². The van der Waals surface area contributed by atoms with Gasteiger partial charge in [0, 0.05) is 11.3 Å². The lowest BCUT2D eigenvalue weighted by Gasteiger charge is -2.10. The van der Waals surface area contributed by atoms with Gasteiger partial charge in [0.2, 0.25) is 0 Å². The van der Waals surface area contributed by atoms with E-state index in [-0.39, 0.29) is 19.1 Å². The summed E-state index contributed by atoms with van der Waals surface area (Å²) in [4.78, 5) is 11.9. The summed E-state index contributed by atoms with van der Waals surface area (Å²) in [7, 11) is 0. The maximum absolute atomic E-state index is 11.9. The number of hydrogen-bond donors (Lipinski definition) is 2. The summed E-state index contributed by atoms with van der Waals surface area (Å²) in [6, 6.07) is 14.2. The molecule has 0 saturated heterocycles. The summed E-state index contributed by atoms with van der Waals surface area (Å²) < 4.78 is 10.8. The number of aliphatic hydroxyl groups is 1. The second kappa shape index (κ2) is 8.05. The van der Waals surface area contributed by atoms with Gasteiger partial charge in [0.15, 0.2) is 6.61 Å². The number of para-hydroxylation sites is 1. The summed E-state index contributed by atoms with van der Waals surface area (Å²) in [5.74, 6) is 0.998. The van der Waals surface area contributed by atoms with Crippen molar-refractivity contribution in [2.75, 3.05) is 18.5 Å². The highest BCUT2D eigenvalue weighted by Gasteiger charge is 2.06. The molecule has 0 spiro atoms. The Kier molecular flexibility index (Phi) is 5.80. The Morgan fingerprint density at radius 3 is 2.50 bits per heavy atom. The number of carbonyl (C=O) groups is 1. The molecular weight excluding hydrogens is 282 g/mol. The van der Waals surface area contributed by atoms with E-state index in [9.17, 15) is 9.90 Å². The SMILES string of the molecule is CCOc1ccc(NC(=O)COc2ccccc2CO)cc1. The van der Waals surface area contributed by atoms with Gasteiger partial charge in [-0.05, 0) is 37.3 Å². The molecule has 22 heavy (non-hydrogen) atoms. The second-order valence-electron chi connectivity index (χ2n) is 4.56. The van der Waals surface area contributed by atoms with Crippen molar-refractivity contribution in [1.29, 1.82) is 0 Å². The zero-order chi connectivity index (χ0) is 15.8. The standard InChI is InChI=1S/C17H19NO4/c1-2-21-15-9-7-14(8-10-15)18-17(20)12-22-16-6-4-3-5-13(16)11-19/h3-10,19H,2,11-12H2,1H3,(H,18,20). The van der Waals surface area contributed by atoms with E-state index in [1.165, 1.54) is 0 Å². The minimum absolute atomic E-state index is 0.121. The minimum atomic E-state index is -0.267. The van der Waals surface area contributed by atoms with Crippen LogP contribution in [0.15, 0.2) is 48.5 Å². The van der Waals surface area contributed by atoms with Crippen LogP contribution in [0.1, 0.15) is 12.5 Å². The summed E-state index contributed by atoms with van der Waals surface area (Å²) in [5.41, 5.74) is 1.32. The topological polar surface area (TPSA) is 67.8 Å². The van der Waals surface area contributed by atoms with E-state index >= 15 is 0 Å². The fourth-order valence-corrected chi connectivity index (χ4v) is 1.92. The molecule has 0 aliphatic heterocycles. The van der Waals surface area contributed by atoms with Crippen molar-refractivity contribution in [3.05, 3.63) is 54.1 Å². The number of anilines is 1. The number of hydrogen-bond acceptors (Lipinski definition) is 4. The van der Waals surface area contributed by atoms with Gasteiger partial charge in [0.1, 0.15) is 11.5 Å². The Hall–Kier alpha value is -2.53. The highest BCUT2D eigenvalue weighted by Crippen LogP contribution is 2.18. The van der Waals surface area contributed by atoms with Crippen LogP contribution in [-0.2, 0) is 11.4 Å². The lowest BCUT2D eigenvalue weighted by molar-refractivity contribution is -0.118. The van der Waals surface area contributed by atoms with Gasteiger partial charge in [-0.25, -0.2) is 0 Å². The van der Waals surface area contributed by atoms with E-state index < -0.39 is 0 Å². The number of nitrogens with one attached hydrogen (secondary N) is 1. The molecule has 5 nitrogen and oxygen atoms in total. The first kappa shape index (κ1) is 15.9. The molecule has 0 fully saturated rings. The van der Waals surface area contributed by atoms with Gasteiger partial charge < -0.3 is 19.9 Å². The van der Waals surface area contributed by atoms with Gasteiger partial charge >= 0.3 is 0 Å². The molecule has 1 amide bonds. The van der Waals surface area contributed by atoms with Gasteiger partial charge in [0.25, 0.3) is 5.91 Å². The molecule has 0 radical (unpaired) electrons. The molecule has 0 saturated carbocycles. The van der Waals surface area contributed by atoms with Crippen LogP contribution in [0.3, 0.4) is 0 Å². The van der Waals surface area contributed by atoms with E-state index in [0.717, 1.165) is 5.75 Å². The molecule has 2 aromatic rings. The molecule has 0 aliphatic carbocycles. The summed E-state index contributed by atoms with van der Waals surface area (Å²) >= 11 is 0. The Morgan fingerprint density at radius 2 is 1.82 bits per heavy atom. The zero-order valence-corrected chi connectivity index (χ0v) is 12.4. The van der Waals surface area contributed by atoms with E-state index in [2.05, 4.69) is 5.32 Å². The van der Waals surface area contributed by atoms with E-state index in [4.69, 9.17) is 9.47 Å². The number of benzene rings is 2. The minimum Gasteiger partial charge on any atom is -0.494 e. The van der Waals surface area contributed by atoms with E-state index in [0.29, 0.717) is 23.6 Å². The van der Waals surface area contributed by atoms with Crippen LogP contribution in [0.2, 0.25) is 0 Å². The van der Waals surface area contributed by atoms with Gasteiger partial charge in [-0.2, -0.15) is 0 Å². The Labute approximate surface area is 129 Å². The van der Waals surface area contributed by atoms with Crippen molar-refractivity contribution in [2.45, 2.75) is 13.5 Å². The van der Waals surface area contributed by atoms with Crippen LogP contribution in [0.5, 0.6) is 11.5 Å². The third-order valence-electron chi connectivity index (χ3n) is 2.95. The summed E-state index contributed by atoms with van der Waals surface area (Å²) in [6.07, 6.45) is 0. The van der Waals surface area contributed by atoms with Crippen LogP contribution >= 0.6 is 0 Å². The molecule has 5 heteroatoms. The molecule has 0 bridgehead atoms. The largest absolute Gasteiger partial charge is 0.494 e. The lowest BCUT2D eigenvalue weighted by atomic mass is 10.2. The van der Waals surface area contributed by atoms with Crippen molar-refractivity contribution in [2.24, 2.45) is 0 Å². The normalized spacial score (nSPS) is 10.1. The van der Waals surface area contributed by atoms with Crippen LogP contribution in [0.25, 0.3) is 0 Å². The average molecular weight is 301 g/mol. The maximum Gasteiger partial charge on any atom is 0.262 e. The summed E-state index contributed by atoms with van der Waals surface area (Å²) in [5, 5.41) is 11.9. The molecule has 116 valence electrons.